The lowest BCUT2D eigenvalue weighted by atomic mass is 9.94. The molecule has 2 atom stereocenters. The fourth-order valence-electron chi connectivity index (χ4n) is 3.52. The minimum atomic E-state index is 0.407. The van der Waals surface area contributed by atoms with Crippen LogP contribution in [0.2, 0.25) is 0 Å². The van der Waals surface area contributed by atoms with Gasteiger partial charge < -0.3 is 10.3 Å². The van der Waals surface area contributed by atoms with Gasteiger partial charge >= 0.3 is 0 Å². The number of aromatic nitrogens is 1. The van der Waals surface area contributed by atoms with Crippen molar-refractivity contribution in [3.05, 3.63) is 35.5 Å². The topological polar surface area (TPSA) is 30.9 Å². The molecule has 0 saturated heterocycles. The summed E-state index contributed by atoms with van der Waals surface area (Å²) in [5, 5.41) is 1.41. The molecule has 0 aliphatic heterocycles. The zero-order valence-corrected chi connectivity index (χ0v) is 11.3. The molecular weight excluding hydrogens is 220 g/mol. The minimum Gasteiger partial charge on any atom is -0.350 e. The molecule has 0 spiro atoms. The number of hydrogen-bond donors (Lipinski definition) is 1. The van der Waals surface area contributed by atoms with E-state index in [2.05, 4.69) is 42.9 Å². The third-order valence-electron chi connectivity index (χ3n) is 4.49. The van der Waals surface area contributed by atoms with Crippen molar-refractivity contribution in [3.8, 4) is 0 Å². The van der Waals surface area contributed by atoms with Crippen LogP contribution in [0.1, 0.15) is 30.4 Å². The molecule has 2 unspecified atom stereocenters. The molecule has 1 aliphatic carbocycles. The summed E-state index contributed by atoms with van der Waals surface area (Å²) in [5.41, 5.74) is 10.4. The maximum Gasteiger partial charge on any atom is 0.0510 e. The second-order valence-corrected chi connectivity index (χ2v) is 5.80. The van der Waals surface area contributed by atoms with Gasteiger partial charge in [-0.1, -0.05) is 24.6 Å². The summed E-state index contributed by atoms with van der Waals surface area (Å²) in [5.74, 6) is 0.677. The van der Waals surface area contributed by atoms with Gasteiger partial charge in [-0.05, 0) is 43.2 Å². The van der Waals surface area contributed by atoms with Crippen LogP contribution in [0.15, 0.2) is 24.4 Å². The number of benzene rings is 1. The molecule has 18 heavy (non-hydrogen) atoms. The Morgan fingerprint density at radius 3 is 2.89 bits per heavy atom. The summed E-state index contributed by atoms with van der Waals surface area (Å²) in [4.78, 5) is 0. The van der Waals surface area contributed by atoms with E-state index in [-0.39, 0.29) is 0 Å². The van der Waals surface area contributed by atoms with Crippen molar-refractivity contribution < 1.29 is 0 Å². The fourth-order valence-corrected chi connectivity index (χ4v) is 3.52. The van der Waals surface area contributed by atoms with Gasteiger partial charge in [0.15, 0.2) is 0 Å². The van der Waals surface area contributed by atoms with E-state index in [1.54, 1.807) is 0 Å². The van der Waals surface area contributed by atoms with Gasteiger partial charge in [0.1, 0.15) is 0 Å². The van der Waals surface area contributed by atoms with E-state index in [0.717, 1.165) is 6.42 Å². The molecule has 2 heteroatoms. The Morgan fingerprint density at radius 2 is 2.17 bits per heavy atom. The highest BCUT2D eigenvalue weighted by atomic mass is 14.9. The predicted molar refractivity (Wildman–Crippen MR) is 76.7 cm³/mol. The first-order valence-corrected chi connectivity index (χ1v) is 6.96. The first-order valence-electron chi connectivity index (χ1n) is 6.96. The van der Waals surface area contributed by atoms with Crippen LogP contribution in [0.25, 0.3) is 10.9 Å². The van der Waals surface area contributed by atoms with Crippen LogP contribution in [0.4, 0.5) is 0 Å². The van der Waals surface area contributed by atoms with E-state index in [1.807, 2.05) is 0 Å². The molecule has 1 heterocycles. The number of nitrogens with zero attached hydrogens (tertiary/aromatic N) is 1. The maximum absolute atomic E-state index is 6.20. The lowest BCUT2D eigenvalue weighted by molar-refractivity contribution is 0.480. The second-order valence-electron chi connectivity index (χ2n) is 5.80. The van der Waals surface area contributed by atoms with Crippen molar-refractivity contribution in [2.75, 3.05) is 0 Å². The summed E-state index contributed by atoms with van der Waals surface area (Å²) >= 11 is 0. The van der Waals surface area contributed by atoms with Gasteiger partial charge in [-0.3, -0.25) is 0 Å². The van der Waals surface area contributed by atoms with Crippen molar-refractivity contribution in [1.29, 1.82) is 0 Å². The number of rotatable bonds is 2. The minimum absolute atomic E-state index is 0.407. The van der Waals surface area contributed by atoms with Crippen LogP contribution >= 0.6 is 0 Å². The number of nitrogens with two attached hydrogens (primary N) is 1. The Morgan fingerprint density at radius 1 is 1.33 bits per heavy atom. The number of fused-ring (bicyclic) bond motifs is 1. The molecule has 2 N–H and O–H groups in total. The lowest BCUT2D eigenvalue weighted by Crippen LogP contribution is -2.25. The molecule has 1 aromatic heterocycles. The molecule has 1 saturated carbocycles. The van der Waals surface area contributed by atoms with Gasteiger partial charge in [0.2, 0.25) is 0 Å². The van der Waals surface area contributed by atoms with Crippen LogP contribution in [0, 0.1) is 12.8 Å². The molecule has 3 rings (SSSR count). The Labute approximate surface area is 109 Å². The molecule has 0 radical (unpaired) electrons. The fraction of sp³-hybridized carbons (Fsp3) is 0.500. The van der Waals surface area contributed by atoms with Crippen molar-refractivity contribution in [2.24, 2.45) is 18.7 Å². The van der Waals surface area contributed by atoms with Gasteiger partial charge in [-0.25, -0.2) is 0 Å². The molecule has 0 amide bonds. The highest BCUT2D eigenvalue weighted by Gasteiger charge is 2.25. The maximum atomic E-state index is 6.20. The van der Waals surface area contributed by atoms with E-state index in [9.17, 15) is 0 Å². The third kappa shape index (κ3) is 1.85. The molecule has 1 fully saturated rings. The van der Waals surface area contributed by atoms with Gasteiger partial charge in [-0.2, -0.15) is 0 Å². The van der Waals surface area contributed by atoms with Crippen molar-refractivity contribution in [2.45, 2.75) is 38.6 Å². The molecule has 2 nitrogen and oxygen atoms in total. The van der Waals surface area contributed by atoms with E-state index < -0.39 is 0 Å². The quantitative estimate of drug-likeness (QED) is 0.861. The van der Waals surface area contributed by atoms with Gasteiger partial charge in [0.05, 0.1) is 5.52 Å². The standard InChI is InChI=1S/C16H22N2/c1-11-5-3-7-14-13(10-18(2)16(11)14)9-12-6-4-8-15(12)17/h3,5,7,10,12,15H,4,6,8-9,17H2,1-2H3. The Kier molecular flexibility index (Phi) is 2.90. The van der Waals surface area contributed by atoms with E-state index in [0.29, 0.717) is 12.0 Å². The molecule has 1 aliphatic rings. The average Bonchev–Trinajstić information content (AvgIpc) is 2.87. The summed E-state index contributed by atoms with van der Waals surface area (Å²) in [6.07, 6.45) is 7.23. The highest BCUT2D eigenvalue weighted by molar-refractivity contribution is 5.86. The normalized spacial score (nSPS) is 23.9. The monoisotopic (exact) mass is 242 g/mol. The van der Waals surface area contributed by atoms with Crippen LogP contribution in [-0.4, -0.2) is 10.6 Å². The summed E-state index contributed by atoms with van der Waals surface area (Å²) in [6.45, 7) is 2.19. The number of aryl methyl sites for hydroxylation is 2. The highest BCUT2D eigenvalue weighted by Crippen LogP contribution is 2.31. The van der Waals surface area contributed by atoms with Gasteiger partial charge in [0.25, 0.3) is 0 Å². The van der Waals surface area contributed by atoms with Gasteiger partial charge in [0, 0.05) is 24.7 Å². The first-order chi connectivity index (χ1) is 8.66. The largest absolute Gasteiger partial charge is 0.350 e. The van der Waals surface area contributed by atoms with Crippen LogP contribution < -0.4 is 5.73 Å². The first kappa shape index (κ1) is 11.8. The molecule has 0 bridgehead atoms. The van der Waals surface area contributed by atoms with E-state index in [1.165, 1.54) is 41.3 Å². The Balaban J connectivity index is 2.00. The third-order valence-corrected chi connectivity index (χ3v) is 4.49. The zero-order valence-electron chi connectivity index (χ0n) is 11.3. The summed E-state index contributed by atoms with van der Waals surface area (Å²) in [7, 11) is 2.15. The van der Waals surface area contributed by atoms with Crippen molar-refractivity contribution in [3.63, 3.8) is 0 Å². The molecule has 2 aromatic rings. The smallest absolute Gasteiger partial charge is 0.0510 e. The van der Waals surface area contributed by atoms with Crippen molar-refractivity contribution >= 4 is 10.9 Å². The average molecular weight is 242 g/mol. The SMILES string of the molecule is Cc1cccc2c(CC3CCCC3N)cn(C)c12. The summed E-state index contributed by atoms with van der Waals surface area (Å²) < 4.78 is 2.26. The van der Waals surface area contributed by atoms with E-state index >= 15 is 0 Å². The Bertz CT molecular complexity index is 568. The zero-order chi connectivity index (χ0) is 12.7. The van der Waals surface area contributed by atoms with Crippen LogP contribution in [0.3, 0.4) is 0 Å². The number of para-hydroxylation sites is 1. The lowest BCUT2D eigenvalue weighted by Gasteiger charge is -2.14. The van der Waals surface area contributed by atoms with Gasteiger partial charge in [-0.15, -0.1) is 0 Å². The molecule has 1 aromatic carbocycles. The van der Waals surface area contributed by atoms with Crippen LogP contribution in [0.5, 0.6) is 0 Å². The molecule has 96 valence electrons. The number of hydrogen-bond acceptors (Lipinski definition) is 1. The summed E-state index contributed by atoms with van der Waals surface area (Å²) in [6, 6.07) is 7.01. The second kappa shape index (κ2) is 4.43. The van der Waals surface area contributed by atoms with Crippen molar-refractivity contribution in [1.82, 2.24) is 4.57 Å². The molecular formula is C16H22N2. The Hall–Kier alpha value is -1.28. The van der Waals surface area contributed by atoms with E-state index in [4.69, 9.17) is 5.73 Å². The predicted octanol–water partition coefficient (Wildman–Crippen LogP) is 3.16. The van der Waals surface area contributed by atoms with Crippen LogP contribution in [-0.2, 0) is 13.5 Å².